The van der Waals surface area contributed by atoms with Gasteiger partial charge in [-0.3, -0.25) is 0 Å². The normalized spacial score (nSPS) is 11.6. The quantitative estimate of drug-likeness (QED) is 0.100. The summed E-state index contributed by atoms with van der Waals surface area (Å²) in [6.45, 7) is 6.60. The van der Waals surface area contributed by atoms with Crippen LogP contribution in [0.1, 0.15) is 86.1 Å². The number of benzene rings is 9. The van der Waals surface area contributed by atoms with Gasteiger partial charge in [0.15, 0.2) is 0 Å². The van der Waals surface area contributed by atoms with Crippen molar-refractivity contribution in [3.8, 4) is 11.8 Å². The molecule has 0 saturated carbocycles. The minimum atomic E-state index is 1.05. The van der Waals surface area contributed by atoms with Gasteiger partial charge in [-0.05, 0) is 148 Å². The molecule has 0 aliphatic rings. The topological polar surface area (TPSA) is 0 Å². The Morgan fingerprint density at radius 3 is 1.32 bits per heavy atom. The van der Waals surface area contributed by atoms with Crippen LogP contribution in [0.4, 0.5) is 0 Å². The smallest absolute Gasteiger partial charge is 0.0361 e. The van der Waals surface area contributed by atoms with Gasteiger partial charge in [0.1, 0.15) is 0 Å². The van der Waals surface area contributed by atoms with Crippen LogP contribution >= 0.6 is 22.7 Å². The number of hydrogen-bond acceptors (Lipinski definition) is 2. The largest absolute Gasteiger partial charge is 0.135 e. The summed E-state index contributed by atoms with van der Waals surface area (Å²) in [4.78, 5) is 0. The molecule has 62 heavy (non-hydrogen) atoms. The minimum Gasteiger partial charge on any atom is -0.135 e. The van der Waals surface area contributed by atoms with Crippen molar-refractivity contribution in [1.29, 1.82) is 0 Å². The minimum absolute atomic E-state index is 1.05. The Morgan fingerprint density at radius 2 is 0.790 bits per heavy atom. The van der Waals surface area contributed by atoms with Crippen molar-refractivity contribution >= 4 is 106 Å². The molecule has 0 aliphatic carbocycles. The molecule has 11 rings (SSSR count). The van der Waals surface area contributed by atoms with Gasteiger partial charge in [0.25, 0.3) is 0 Å². The first-order valence-corrected chi connectivity index (χ1v) is 24.2. The molecule has 9 aromatic carbocycles. The van der Waals surface area contributed by atoms with Gasteiger partial charge in [-0.2, -0.15) is 0 Å². The van der Waals surface area contributed by atoms with Crippen LogP contribution in [-0.4, -0.2) is 0 Å². The fourth-order valence-electron chi connectivity index (χ4n) is 9.17. The van der Waals surface area contributed by atoms with Crippen molar-refractivity contribution in [1.82, 2.24) is 0 Å². The molecule has 304 valence electrons. The molecule has 0 atom stereocenters. The zero-order valence-corrected chi connectivity index (χ0v) is 37.7. The fraction of sp³-hybridized carbons (Fsp3) is 0.200. The second-order valence-corrected chi connectivity index (χ2v) is 19.6. The molecule has 2 aromatic heterocycles. The number of rotatable bonds is 9. The first-order chi connectivity index (χ1) is 30.4. The second-order valence-electron chi connectivity index (χ2n) is 17.4. The maximum Gasteiger partial charge on any atom is 0.0361 e. The molecule has 2 heteroatoms. The van der Waals surface area contributed by atoms with Gasteiger partial charge in [-0.25, -0.2) is 0 Å². The Hall–Kier alpha value is -5.98. The summed E-state index contributed by atoms with van der Waals surface area (Å²) in [5.74, 6) is 6.63. The summed E-state index contributed by atoms with van der Waals surface area (Å²) in [5.41, 5.74) is 6.22. The third-order valence-electron chi connectivity index (χ3n) is 12.6. The molecular weight excluding hydrogens is 785 g/mol. The number of thiophene rings is 2. The van der Waals surface area contributed by atoms with Crippen molar-refractivity contribution < 1.29 is 0 Å². The lowest BCUT2D eigenvalue weighted by Gasteiger charge is -2.05. The number of hydrogen-bond donors (Lipinski definition) is 0. The molecule has 0 N–H and O–H groups in total. The average molecular weight is 837 g/mol. The van der Waals surface area contributed by atoms with Crippen molar-refractivity contribution in [2.75, 3.05) is 0 Å². The summed E-state index contributed by atoms with van der Waals surface area (Å²) in [7, 11) is 0. The van der Waals surface area contributed by atoms with E-state index in [2.05, 4.69) is 166 Å². The zero-order valence-electron chi connectivity index (χ0n) is 36.1. The highest BCUT2D eigenvalue weighted by molar-refractivity contribution is 7.26. The standard InChI is InChI=1S/C38H36S.C22H16S/c1-2-3-4-5-6-7-8-10-15-29-18-20-31-24-35-36-25-32-21-19-30(17-16-28-13-11-9-12-14-28)23-34(32)27-38(36)39-37(35)26-33(31)22-29;1-13-3-5-15-9-19-20-10-16-6-4-14(2)8-18(16)12-22(20)23-21(19)11-17(15)7-13/h9,11-14,18-27H,2-8,10,15H2,1H3;3-12H,1-2H3. The maximum absolute atomic E-state index is 3.34. The van der Waals surface area contributed by atoms with Crippen molar-refractivity contribution in [3.63, 3.8) is 0 Å². The predicted octanol–water partition coefficient (Wildman–Crippen LogP) is 18.4. The van der Waals surface area contributed by atoms with Crippen LogP contribution in [0.3, 0.4) is 0 Å². The molecule has 0 radical (unpaired) electrons. The Bertz CT molecular complexity index is 3380. The molecule has 0 unspecified atom stereocenters. The third kappa shape index (κ3) is 8.58. The maximum atomic E-state index is 3.34. The Morgan fingerprint density at radius 1 is 0.355 bits per heavy atom. The van der Waals surface area contributed by atoms with Crippen molar-refractivity contribution in [3.05, 3.63) is 179 Å². The van der Waals surface area contributed by atoms with Gasteiger partial charge >= 0.3 is 0 Å². The first-order valence-electron chi connectivity index (χ1n) is 22.6. The number of unbranched alkanes of at least 4 members (excludes halogenated alkanes) is 7. The Labute approximate surface area is 373 Å². The SMILES string of the molecule is CCCCCCCCCCc1ccc2cc3c(cc2c1)sc1cc2cc(C#Cc4ccccc4)ccc2cc13.Cc1ccc2cc3c(cc2c1)sc1cc2cc(C)ccc2cc13. The number of fused-ring (bicyclic) bond motifs is 10. The van der Waals surface area contributed by atoms with Crippen LogP contribution in [0.2, 0.25) is 0 Å². The lowest BCUT2D eigenvalue weighted by atomic mass is 9.99. The molecule has 2 heterocycles. The molecule has 0 saturated heterocycles. The van der Waals surface area contributed by atoms with E-state index in [1.807, 2.05) is 40.9 Å². The molecule has 0 aliphatic heterocycles. The Kier molecular flexibility index (Phi) is 11.5. The zero-order chi connectivity index (χ0) is 42.0. The monoisotopic (exact) mass is 836 g/mol. The van der Waals surface area contributed by atoms with Crippen LogP contribution in [0.15, 0.2) is 152 Å². The third-order valence-corrected chi connectivity index (χ3v) is 14.8. The van der Waals surface area contributed by atoms with Crippen LogP contribution in [0.25, 0.3) is 83.4 Å². The van der Waals surface area contributed by atoms with E-state index >= 15 is 0 Å². The van der Waals surface area contributed by atoms with Crippen LogP contribution in [0, 0.1) is 25.7 Å². The fourth-order valence-corrected chi connectivity index (χ4v) is 11.5. The molecule has 0 bridgehead atoms. The van der Waals surface area contributed by atoms with Gasteiger partial charge < -0.3 is 0 Å². The van der Waals surface area contributed by atoms with E-state index < -0.39 is 0 Å². The van der Waals surface area contributed by atoms with E-state index in [4.69, 9.17) is 0 Å². The summed E-state index contributed by atoms with van der Waals surface area (Å²) in [6, 6.07) is 56.2. The van der Waals surface area contributed by atoms with E-state index in [9.17, 15) is 0 Å². The highest BCUT2D eigenvalue weighted by Crippen LogP contribution is 2.40. The average Bonchev–Trinajstić information content (AvgIpc) is 3.81. The molecule has 0 spiro atoms. The predicted molar refractivity (Wildman–Crippen MR) is 277 cm³/mol. The van der Waals surface area contributed by atoms with Crippen LogP contribution < -0.4 is 0 Å². The lowest BCUT2D eigenvalue weighted by Crippen LogP contribution is -1.87. The van der Waals surface area contributed by atoms with E-state index in [1.165, 1.54) is 158 Å². The van der Waals surface area contributed by atoms with Gasteiger partial charge in [0.05, 0.1) is 0 Å². The number of aryl methyl sites for hydroxylation is 3. The summed E-state index contributed by atoms with van der Waals surface area (Å²) >= 11 is 3.81. The van der Waals surface area contributed by atoms with Crippen LogP contribution in [0.5, 0.6) is 0 Å². The highest BCUT2D eigenvalue weighted by atomic mass is 32.1. The van der Waals surface area contributed by atoms with E-state index in [1.54, 1.807) is 0 Å². The van der Waals surface area contributed by atoms with E-state index in [0.717, 1.165) is 11.1 Å². The second kappa shape index (κ2) is 17.8. The van der Waals surface area contributed by atoms with E-state index in [-0.39, 0.29) is 0 Å². The molecule has 0 amide bonds. The van der Waals surface area contributed by atoms with Gasteiger partial charge in [-0.15, -0.1) is 22.7 Å². The van der Waals surface area contributed by atoms with Gasteiger partial charge in [-0.1, -0.05) is 154 Å². The molecule has 0 nitrogen and oxygen atoms in total. The molecule has 0 fully saturated rings. The summed E-state index contributed by atoms with van der Waals surface area (Å²) in [6.07, 6.45) is 12.2. The molecule has 11 aromatic rings. The van der Waals surface area contributed by atoms with Gasteiger partial charge in [0, 0.05) is 51.5 Å². The Balaban J connectivity index is 0.000000168. The summed E-state index contributed by atoms with van der Waals surface area (Å²) < 4.78 is 5.48. The van der Waals surface area contributed by atoms with E-state index in [0.29, 0.717) is 0 Å². The van der Waals surface area contributed by atoms with Crippen LogP contribution in [-0.2, 0) is 6.42 Å². The molecular formula is C60H52S2. The summed E-state index contributed by atoms with van der Waals surface area (Å²) in [5, 5.41) is 16.0. The van der Waals surface area contributed by atoms with Gasteiger partial charge in [0.2, 0.25) is 0 Å². The van der Waals surface area contributed by atoms with Crippen molar-refractivity contribution in [2.45, 2.75) is 78.6 Å². The highest BCUT2D eigenvalue weighted by Gasteiger charge is 2.11. The first kappa shape index (κ1) is 40.1. The lowest BCUT2D eigenvalue weighted by molar-refractivity contribution is 0.575. The van der Waals surface area contributed by atoms with Crippen molar-refractivity contribution in [2.24, 2.45) is 0 Å².